The number of rotatable bonds is 9. The van der Waals surface area contributed by atoms with Crippen LogP contribution in [0.2, 0.25) is 0 Å². The monoisotopic (exact) mass is 331 g/mol. The van der Waals surface area contributed by atoms with Gasteiger partial charge in [-0.3, -0.25) is 0 Å². The highest BCUT2D eigenvalue weighted by Gasteiger charge is 2.10. The highest BCUT2D eigenvalue weighted by molar-refractivity contribution is 5.60. The molecule has 2 rings (SSSR count). The van der Waals surface area contributed by atoms with E-state index in [0.29, 0.717) is 17.4 Å². The van der Waals surface area contributed by atoms with E-state index in [0.717, 1.165) is 37.4 Å². The molecule has 0 aliphatic heterocycles. The van der Waals surface area contributed by atoms with Crippen molar-refractivity contribution in [3.8, 4) is 11.5 Å². The molecule has 0 aliphatic rings. The van der Waals surface area contributed by atoms with E-state index < -0.39 is 0 Å². The van der Waals surface area contributed by atoms with Crippen LogP contribution in [0.1, 0.15) is 26.7 Å². The lowest BCUT2D eigenvalue weighted by Gasteiger charge is -2.22. The number of nitrogens with one attached hydrogen (secondary N) is 1. The van der Waals surface area contributed by atoms with Crippen molar-refractivity contribution in [1.29, 1.82) is 0 Å². The van der Waals surface area contributed by atoms with Gasteiger partial charge in [-0.2, -0.15) is 10.1 Å². The van der Waals surface area contributed by atoms with Gasteiger partial charge in [0.05, 0.1) is 20.4 Å². The minimum absolute atomic E-state index is 0.455. The van der Waals surface area contributed by atoms with Gasteiger partial charge in [0.1, 0.15) is 0 Å². The molecule has 7 heteroatoms. The Bertz CT molecular complexity index is 645. The van der Waals surface area contributed by atoms with Gasteiger partial charge in [-0.1, -0.05) is 13.8 Å². The lowest BCUT2D eigenvalue weighted by atomic mass is 10.3. The van der Waals surface area contributed by atoms with Crippen LogP contribution < -0.4 is 19.7 Å². The zero-order valence-corrected chi connectivity index (χ0v) is 14.7. The second-order valence-electron chi connectivity index (χ2n) is 5.32. The molecule has 24 heavy (non-hydrogen) atoms. The minimum Gasteiger partial charge on any atom is -0.493 e. The average molecular weight is 331 g/mol. The van der Waals surface area contributed by atoms with Crippen molar-refractivity contribution in [1.82, 2.24) is 15.2 Å². The smallest absolute Gasteiger partial charge is 0.249 e. The normalized spacial score (nSPS) is 10.3. The third-order valence-corrected chi connectivity index (χ3v) is 3.50. The topological polar surface area (TPSA) is 72.4 Å². The molecule has 1 N–H and O–H groups in total. The van der Waals surface area contributed by atoms with E-state index in [9.17, 15) is 0 Å². The van der Waals surface area contributed by atoms with E-state index in [1.54, 1.807) is 20.4 Å². The van der Waals surface area contributed by atoms with Crippen molar-refractivity contribution in [2.75, 3.05) is 37.5 Å². The summed E-state index contributed by atoms with van der Waals surface area (Å²) in [5, 5.41) is 11.3. The minimum atomic E-state index is 0.455. The molecule has 1 heterocycles. The van der Waals surface area contributed by atoms with Crippen LogP contribution in [0, 0.1) is 0 Å². The van der Waals surface area contributed by atoms with E-state index >= 15 is 0 Å². The lowest BCUT2D eigenvalue weighted by Crippen LogP contribution is -2.26. The summed E-state index contributed by atoms with van der Waals surface area (Å²) < 4.78 is 10.6. The number of hydrogen-bond donors (Lipinski definition) is 1. The van der Waals surface area contributed by atoms with Gasteiger partial charge >= 0.3 is 0 Å². The van der Waals surface area contributed by atoms with Crippen molar-refractivity contribution in [2.24, 2.45) is 0 Å². The highest BCUT2D eigenvalue weighted by atomic mass is 16.5. The Morgan fingerprint density at radius 1 is 1.04 bits per heavy atom. The van der Waals surface area contributed by atoms with Crippen LogP contribution >= 0.6 is 0 Å². The number of nitrogens with zero attached hydrogens (tertiary/aromatic N) is 4. The summed E-state index contributed by atoms with van der Waals surface area (Å²) in [6.45, 7) is 6.20. The molecule has 0 spiro atoms. The van der Waals surface area contributed by atoms with E-state index in [4.69, 9.17) is 9.47 Å². The standard InChI is InChI=1S/C17H25N5O2/c1-5-9-22(10-6-2)16-12-18-21-17(20-16)19-13-7-8-14(23-3)15(11-13)24-4/h7-8,11-12H,5-6,9-10H2,1-4H3,(H,19,20,21). The van der Waals surface area contributed by atoms with Crippen molar-refractivity contribution in [3.05, 3.63) is 24.4 Å². The van der Waals surface area contributed by atoms with E-state index in [2.05, 4.69) is 39.2 Å². The van der Waals surface area contributed by atoms with Crippen LogP contribution in [-0.2, 0) is 0 Å². The molecular weight excluding hydrogens is 306 g/mol. The molecule has 0 atom stereocenters. The van der Waals surface area contributed by atoms with Crippen molar-refractivity contribution >= 4 is 17.5 Å². The Balaban J connectivity index is 2.19. The Morgan fingerprint density at radius 2 is 1.75 bits per heavy atom. The zero-order chi connectivity index (χ0) is 17.4. The fraction of sp³-hybridized carbons (Fsp3) is 0.471. The van der Waals surface area contributed by atoms with Gasteiger partial charge in [-0.15, -0.1) is 5.10 Å². The molecule has 2 aromatic rings. The number of aromatic nitrogens is 3. The van der Waals surface area contributed by atoms with Crippen LogP contribution in [0.4, 0.5) is 17.5 Å². The molecule has 0 radical (unpaired) electrons. The van der Waals surface area contributed by atoms with Crippen LogP contribution in [0.15, 0.2) is 24.4 Å². The average Bonchev–Trinajstić information content (AvgIpc) is 2.61. The Hall–Kier alpha value is -2.57. The number of benzene rings is 1. The van der Waals surface area contributed by atoms with Crippen molar-refractivity contribution < 1.29 is 9.47 Å². The first-order chi connectivity index (χ1) is 11.7. The Labute approximate surface area is 143 Å². The van der Waals surface area contributed by atoms with Crippen molar-refractivity contribution in [2.45, 2.75) is 26.7 Å². The third-order valence-electron chi connectivity index (χ3n) is 3.50. The maximum absolute atomic E-state index is 5.31. The first-order valence-electron chi connectivity index (χ1n) is 8.15. The summed E-state index contributed by atoms with van der Waals surface area (Å²) in [6, 6.07) is 5.55. The second-order valence-corrected chi connectivity index (χ2v) is 5.32. The van der Waals surface area contributed by atoms with E-state index in [1.165, 1.54) is 0 Å². The molecule has 0 amide bonds. The molecule has 0 saturated carbocycles. The van der Waals surface area contributed by atoms with Crippen LogP contribution in [0.3, 0.4) is 0 Å². The van der Waals surface area contributed by atoms with Gasteiger partial charge in [-0.25, -0.2) is 0 Å². The van der Waals surface area contributed by atoms with Gasteiger partial charge in [-0.05, 0) is 25.0 Å². The molecule has 0 bridgehead atoms. The number of ether oxygens (including phenoxy) is 2. The predicted molar refractivity (Wildman–Crippen MR) is 95.5 cm³/mol. The zero-order valence-electron chi connectivity index (χ0n) is 14.7. The second kappa shape index (κ2) is 8.90. The molecule has 0 fully saturated rings. The van der Waals surface area contributed by atoms with Gasteiger partial charge in [0.2, 0.25) is 5.95 Å². The summed E-state index contributed by atoms with van der Waals surface area (Å²) in [6.07, 6.45) is 3.82. The molecule has 0 unspecified atom stereocenters. The fourth-order valence-electron chi connectivity index (χ4n) is 2.42. The highest BCUT2D eigenvalue weighted by Crippen LogP contribution is 2.30. The summed E-state index contributed by atoms with van der Waals surface area (Å²) in [5.74, 6) is 2.60. The van der Waals surface area contributed by atoms with Gasteiger partial charge in [0.15, 0.2) is 17.3 Å². The van der Waals surface area contributed by atoms with Gasteiger partial charge in [0.25, 0.3) is 0 Å². The predicted octanol–water partition coefficient (Wildman–Crippen LogP) is 3.26. The molecule has 130 valence electrons. The molecule has 1 aromatic carbocycles. The summed E-state index contributed by atoms with van der Waals surface area (Å²) >= 11 is 0. The number of anilines is 3. The fourth-order valence-corrected chi connectivity index (χ4v) is 2.42. The quantitative estimate of drug-likeness (QED) is 0.756. The Kier molecular flexibility index (Phi) is 6.60. The molecule has 0 saturated heterocycles. The molecule has 0 aliphatic carbocycles. The van der Waals surface area contributed by atoms with Gasteiger partial charge in [0, 0.05) is 24.8 Å². The van der Waals surface area contributed by atoms with Crippen molar-refractivity contribution in [3.63, 3.8) is 0 Å². The Morgan fingerprint density at radius 3 is 2.38 bits per heavy atom. The third kappa shape index (κ3) is 4.47. The van der Waals surface area contributed by atoms with E-state index in [-0.39, 0.29) is 0 Å². The SMILES string of the molecule is CCCN(CCC)c1cnnc(Nc2ccc(OC)c(OC)c2)n1. The maximum atomic E-state index is 5.31. The van der Waals surface area contributed by atoms with Crippen LogP contribution in [0.5, 0.6) is 11.5 Å². The first-order valence-corrected chi connectivity index (χ1v) is 8.15. The molecule has 1 aromatic heterocycles. The number of hydrogen-bond acceptors (Lipinski definition) is 7. The number of methoxy groups -OCH3 is 2. The van der Waals surface area contributed by atoms with Crippen LogP contribution in [-0.4, -0.2) is 42.5 Å². The first kappa shape index (κ1) is 17.8. The lowest BCUT2D eigenvalue weighted by molar-refractivity contribution is 0.355. The summed E-state index contributed by atoms with van der Waals surface area (Å²) in [4.78, 5) is 6.79. The molecular formula is C17H25N5O2. The van der Waals surface area contributed by atoms with Gasteiger partial charge < -0.3 is 19.7 Å². The maximum Gasteiger partial charge on any atom is 0.249 e. The summed E-state index contributed by atoms with van der Waals surface area (Å²) in [7, 11) is 3.21. The largest absolute Gasteiger partial charge is 0.493 e. The van der Waals surface area contributed by atoms with Crippen LogP contribution in [0.25, 0.3) is 0 Å². The molecule has 7 nitrogen and oxygen atoms in total. The van der Waals surface area contributed by atoms with E-state index in [1.807, 2.05) is 18.2 Å². The summed E-state index contributed by atoms with van der Waals surface area (Å²) in [5.41, 5.74) is 0.809.